The van der Waals surface area contributed by atoms with Gasteiger partial charge in [-0.05, 0) is 26.2 Å². The van der Waals surface area contributed by atoms with E-state index in [4.69, 9.17) is 5.11 Å². The number of aliphatic carboxylic acids is 1. The molecule has 0 saturated heterocycles. The van der Waals surface area contributed by atoms with Gasteiger partial charge in [0.1, 0.15) is 6.54 Å². The number of carbonyl (C=O) groups excluding carboxylic acids is 1. The molecule has 0 radical (unpaired) electrons. The molecule has 1 N–H and O–H groups in total. The van der Waals surface area contributed by atoms with Crippen LogP contribution in [0.4, 0.5) is 13.2 Å². The highest BCUT2D eigenvalue weighted by Gasteiger charge is 2.37. The maximum absolute atomic E-state index is 12.3. The fraction of sp³-hybridized carbons (Fsp3) is 0.833. The van der Waals surface area contributed by atoms with E-state index in [1.807, 2.05) is 0 Å². The van der Waals surface area contributed by atoms with Crippen LogP contribution in [0.25, 0.3) is 0 Å². The van der Waals surface area contributed by atoms with Crippen molar-refractivity contribution < 1.29 is 27.9 Å². The largest absolute Gasteiger partial charge is 0.481 e. The molecule has 0 aromatic carbocycles. The highest BCUT2D eigenvalue weighted by Crippen LogP contribution is 2.31. The van der Waals surface area contributed by atoms with Gasteiger partial charge in [-0.3, -0.25) is 9.59 Å². The normalized spacial score (nSPS) is 24.0. The second-order valence-electron chi connectivity index (χ2n) is 4.87. The van der Waals surface area contributed by atoms with Gasteiger partial charge >= 0.3 is 12.1 Å². The van der Waals surface area contributed by atoms with Gasteiger partial charge in [0.25, 0.3) is 0 Å². The standard InChI is InChI=1S/C12H18F3NO3/c1-2-16(7-12(13,14)15)10(17)8-4-3-5-9(6-8)11(18)19/h8-9H,2-7H2,1H3,(H,18,19)/t8-,9+/m0/s1. The number of hydrogen-bond acceptors (Lipinski definition) is 2. The zero-order valence-corrected chi connectivity index (χ0v) is 10.7. The van der Waals surface area contributed by atoms with Crippen LogP contribution in [0.5, 0.6) is 0 Å². The number of hydrogen-bond donors (Lipinski definition) is 1. The van der Waals surface area contributed by atoms with E-state index in [2.05, 4.69) is 0 Å². The number of carboxylic acid groups (broad SMARTS) is 1. The van der Waals surface area contributed by atoms with Crippen LogP contribution >= 0.6 is 0 Å². The molecule has 4 nitrogen and oxygen atoms in total. The molecule has 0 aromatic rings. The third-order valence-electron chi connectivity index (χ3n) is 3.44. The van der Waals surface area contributed by atoms with Crippen molar-refractivity contribution in [2.24, 2.45) is 11.8 Å². The summed E-state index contributed by atoms with van der Waals surface area (Å²) in [5.74, 6) is -2.77. The number of rotatable bonds is 4. The van der Waals surface area contributed by atoms with Gasteiger partial charge in [0.15, 0.2) is 0 Å². The lowest BCUT2D eigenvalue weighted by molar-refractivity contribution is -0.165. The Morgan fingerprint density at radius 2 is 1.84 bits per heavy atom. The smallest absolute Gasteiger partial charge is 0.406 e. The molecular weight excluding hydrogens is 263 g/mol. The summed E-state index contributed by atoms with van der Waals surface area (Å²) in [6, 6.07) is 0. The van der Waals surface area contributed by atoms with Gasteiger partial charge in [-0.2, -0.15) is 13.2 Å². The summed E-state index contributed by atoms with van der Waals surface area (Å²) in [5, 5.41) is 8.92. The molecule has 110 valence electrons. The molecule has 2 atom stereocenters. The van der Waals surface area contributed by atoms with Crippen LogP contribution in [0, 0.1) is 11.8 Å². The Kier molecular flexibility index (Phi) is 5.20. The molecule has 0 aliphatic heterocycles. The summed E-state index contributed by atoms with van der Waals surface area (Å²) in [6.45, 7) is 0.199. The molecule has 0 aromatic heterocycles. The maximum Gasteiger partial charge on any atom is 0.406 e. The fourth-order valence-electron chi connectivity index (χ4n) is 2.46. The SMILES string of the molecule is CCN(CC(F)(F)F)C(=O)[C@H]1CCC[C@@H](C(=O)O)C1. The van der Waals surface area contributed by atoms with E-state index >= 15 is 0 Å². The Morgan fingerprint density at radius 3 is 2.32 bits per heavy atom. The van der Waals surface area contributed by atoms with Crippen molar-refractivity contribution in [3.8, 4) is 0 Å². The van der Waals surface area contributed by atoms with Gasteiger partial charge in [0.05, 0.1) is 5.92 Å². The lowest BCUT2D eigenvalue weighted by Crippen LogP contribution is -2.43. The predicted octanol–water partition coefficient (Wildman–Crippen LogP) is 2.29. The van der Waals surface area contributed by atoms with Crippen LogP contribution in [-0.4, -0.2) is 41.1 Å². The van der Waals surface area contributed by atoms with Crippen molar-refractivity contribution in [1.82, 2.24) is 4.90 Å². The van der Waals surface area contributed by atoms with Crippen LogP contribution in [0.1, 0.15) is 32.6 Å². The summed E-state index contributed by atoms with van der Waals surface area (Å²) in [6.07, 6.45) is -2.76. The molecular formula is C12H18F3NO3. The van der Waals surface area contributed by atoms with Gasteiger partial charge in [-0.1, -0.05) is 6.42 Å². The number of amides is 1. The number of halogens is 3. The highest BCUT2D eigenvalue weighted by molar-refractivity contribution is 5.80. The minimum absolute atomic E-state index is 0.0212. The van der Waals surface area contributed by atoms with E-state index in [-0.39, 0.29) is 13.0 Å². The molecule has 1 fully saturated rings. The van der Waals surface area contributed by atoms with E-state index < -0.39 is 36.4 Å². The average Bonchev–Trinajstić information content (AvgIpc) is 2.34. The first kappa shape index (κ1) is 15.8. The first-order chi connectivity index (χ1) is 8.74. The Hall–Kier alpha value is -1.27. The summed E-state index contributed by atoms with van der Waals surface area (Å²) in [4.78, 5) is 23.7. The van der Waals surface area contributed by atoms with Crippen molar-refractivity contribution >= 4 is 11.9 Å². The molecule has 7 heteroatoms. The average molecular weight is 281 g/mol. The second-order valence-corrected chi connectivity index (χ2v) is 4.87. The maximum atomic E-state index is 12.3. The minimum Gasteiger partial charge on any atom is -0.481 e. The number of carboxylic acids is 1. The monoisotopic (exact) mass is 281 g/mol. The topological polar surface area (TPSA) is 57.6 Å². The molecule has 0 heterocycles. The van der Waals surface area contributed by atoms with Crippen LogP contribution in [-0.2, 0) is 9.59 Å². The van der Waals surface area contributed by atoms with Crippen molar-refractivity contribution in [2.45, 2.75) is 38.8 Å². The minimum atomic E-state index is -4.42. The Morgan fingerprint density at radius 1 is 1.26 bits per heavy atom. The second kappa shape index (κ2) is 6.25. The van der Waals surface area contributed by atoms with Crippen molar-refractivity contribution in [3.05, 3.63) is 0 Å². The molecule has 0 unspecified atom stereocenters. The third kappa shape index (κ3) is 4.72. The van der Waals surface area contributed by atoms with Crippen LogP contribution in [0.15, 0.2) is 0 Å². The molecule has 19 heavy (non-hydrogen) atoms. The van der Waals surface area contributed by atoms with Gasteiger partial charge < -0.3 is 10.0 Å². The van der Waals surface area contributed by atoms with Gasteiger partial charge in [0, 0.05) is 12.5 Å². The Balaban J connectivity index is 2.66. The Bertz CT molecular complexity index is 344. The molecule has 1 saturated carbocycles. The lowest BCUT2D eigenvalue weighted by atomic mass is 9.80. The molecule has 1 rings (SSSR count). The lowest BCUT2D eigenvalue weighted by Gasteiger charge is -2.31. The van der Waals surface area contributed by atoms with E-state index in [0.717, 1.165) is 4.90 Å². The molecule has 0 bridgehead atoms. The fourth-order valence-corrected chi connectivity index (χ4v) is 2.46. The summed E-state index contributed by atoms with van der Waals surface area (Å²) >= 11 is 0. The van der Waals surface area contributed by atoms with E-state index in [9.17, 15) is 22.8 Å². The predicted molar refractivity (Wildman–Crippen MR) is 61.4 cm³/mol. The zero-order valence-electron chi connectivity index (χ0n) is 10.7. The van der Waals surface area contributed by atoms with E-state index in [1.54, 1.807) is 0 Å². The van der Waals surface area contributed by atoms with Gasteiger partial charge in [-0.25, -0.2) is 0 Å². The Labute approximate surface area is 109 Å². The van der Waals surface area contributed by atoms with Crippen molar-refractivity contribution in [1.29, 1.82) is 0 Å². The molecule has 1 aliphatic carbocycles. The van der Waals surface area contributed by atoms with E-state index in [1.165, 1.54) is 6.92 Å². The highest BCUT2D eigenvalue weighted by atomic mass is 19.4. The zero-order chi connectivity index (χ0) is 14.6. The number of alkyl halides is 3. The number of carbonyl (C=O) groups is 2. The van der Waals surface area contributed by atoms with E-state index in [0.29, 0.717) is 19.3 Å². The molecule has 1 amide bonds. The summed E-state index contributed by atoms with van der Waals surface area (Å²) in [5.41, 5.74) is 0. The molecule has 0 spiro atoms. The van der Waals surface area contributed by atoms with Gasteiger partial charge in [0.2, 0.25) is 5.91 Å². The third-order valence-corrected chi connectivity index (χ3v) is 3.44. The van der Waals surface area contributed by atoms with Crippen LogP contribution < -0.4 is 0 Å². The first-order valence-corrected chi connectivity index (χ1v) is 6.33. The number of nitrogens with zero attached hydrogens (tertiary/aromatic N) is 1. The van der Waals surface area contributed by atoms with Crippen LogP contribution in [0.2, 0.25) is 0 Å². The van der Waals surface area contributed by atoms with Crippen LogP contribution in [0.3, 0.4) is 0 Å². The van der Waals surface area contributed by atoms with Crippen molar-refractivity contribution in [3.63, 3.8) is 0 Å². The van der Waals surface area contributed by atoms with Gasteiger partial charge in [-0.15, -0.1) is 0 Å². The summed E-state index contributed by atoms with van der Waals surface area (Å²) in [7, 11) is 0. The van der Waals surface area contributed by atoms with Crippen molar-refractivity contribution in [2.75, 3.05) is 13.1 Å². The molecule has 1 aliphatic rings. The quantitative estimate of drug-likeness (QED) is 0.860. The summed E-state index contributed by atoms with van der Waals surface area (Å²) < 4.78 is 37.0. The first-order valence-electron chi connectivity index (χ1n) is 6.33.